The molecule has 16 heavy (non-hydrogen) atoms. The lowest BCUT2D eigenvalue weighted by Crippen LogP contribution is -2.41. The van der Waals surface area contributed by atoms with E-state index in [2.05, 4.69) is 11.8 Å². The number of hydrogen-bond donors (Lipinski definition) is 0. The van der Waals surface area contributed by atoms with Gasteiger partial charge in [0.25, 0.3) is 0 Å². The zero-order valence-electron chi connectivity index (χ0n) is 10.2. The van der Waals surface area contributed by atoms with Crippen LogP contribution in [0.3, 0.4) is 0 Å². The third-order valence-electron chi connectivity index (χ3n) is 3.32. The van der Waals surface area contributed by atoms with E-state index in [9.17, 15) is 8.42 Å². The summed E-state index contributed by atoms with van der Waals surface area (Å²) in [7, 11) is -2.80. The van der Waals surface area contributed by atoms with Crippen molar-refractivity contribution in [1.82, 2.24) is 4.90 Å². The summed E-state index contributed by atoms with van der Waals surface area (Å²) >= 11 is 6.20. The van der Waals surface area contributed by atoms with Crippen molar-refractivity contribution in [2.24, 2.45) is 5.92 Å². The van der Waals surface area contributed by atoms with Crippen molar-refractivity contribution in [2.45, 2.75) is 32.1 Å². The van der Waals surface area contributed by atoms with Gasteiger partial charge < -0.3 is 4.90 Å². The highest BCUT2D eigenvalue weighted by molar-refractivity contribution is 7.91. The van der Waals surface area contributed by atoms with E-state index in [1.807, 2.05) is 0 Å². The van der Waals surface area contributed by atoms with Crippen LogP contribution in [0.2, 0.25) is 0 Å². The molecule has 3 nitrogen and oxygen atoms in total. The first-order chi connectivity index (χ1) is 7.44. The topological polar surface area (TPSA) is 37.4 Å². The largest absolute Gasteiger partial charge is 0.302 e. The fourth-order valence-corrected chi connectivity index (χ4v) is 3.12. The molecule has 2 atom stereocenters. The number of likely N-dealkylation sites (tertiary alicyclic amines) is 1. The molecular formula is C11H22ClNO2S. The summed E-state index contributed by atoms with van der Waals surface area (Å²) in [6.07, 6.45) is 1.85. The van der Waals surface area contributed by atoms with Gasteiger partial charge in [-0.15, -0.1) is 11.6 Å². The molecule has 0 N–H and O–H groups in total. The molecule has 0 bridgehead atoms. The molecule has 1 heterocycles. The van der Waals surface area contributed by atoms with E-state index in [4.69, 9.17) is 11.6 Å². The maximum Gasteiger partial charge on any atom is 0.150 e. The first kappa shape index (κ1) is 14.3. The van der Waals surface area contributed by atoms with Gasteiger partial charge in [0, 0.05) is 17.7 Å². The Bertz CT molecular complexity index is 305. The van der Waals surface area contributed by atoms with Gasteiger partial charge in [-0.3, -0.25) is 0 Å². The summed E-state index contributed by atoms with van der Waals surface area (Å²) in [5.41, 5.74) is 0. The second-order valence-electron chi connectivity index (χ2n) is 4.67. The fourth-order valence-electron chi connectivity index (χ4n) is 1.94. The Morgan fingerprint density at radius 3 is 2.69 bits per heavy atom. The zero-order valence-corrected chi connectivity index (χ0v) is 11.7. The van der Waals surface area contributed by atoms with Gasteiger partial charge in [-0.05, 0) is 31.8 Å². The number of hydrogen-bond acceptors (Lipinski definition) is 3. The molecule has 2 unspecified atom stereocenters. The average molecular weight is 268 g/mol. The molecule has 1 rings (SSSR count). The minimum Gasteiger partial charge on any atom is -0.302 e. The molecular weight excluding hydrogens is 246 g/mol. The number of sulfone groups is 1. The summed E-state index contributed by atoms with van der Waals surface area (Å²) in [5, 5.41) is 0.219. The predicted octanol–water partition coefficient (Wildman–Crippen LogP) is 1.76. The maximum atomic E-state index is 11.3. The monoisotopic (exact) mass is 267 g/mol. The molecule has 0 aromatic carbocycles. The summed E-state index contributed by atoms with van der Waals surface area (Å²) < 4.78 is 22.6. The van der Waals surface area contributed by atoms with Gasteiger partial charge in [-0.1, -0.05) is 13.8 Å². The first-order valence-corrected chi connectivity index (χ1v) is 8.27. The van der Waals surface area contributed by atoms with Crippen LogP contribution in [-0.4, -0.2) is 49.8 Å². The Balaban J connectivity index is 2.24. The van der Waals surface area contributed by atoms with Crippen LogP contribution in [0.4, 0.5) is 0 Å². The summed E-state index contributed by atoms with van der Waals surface area (Å²) in [4.78, 5) is 2.28. The van der Waals surface area contributed by atoms with Crippen LogP contribution in [0.5, 0.6) is 0 Å². The molecule has 0 saturated carbocycles. The SMILES string of the molecule is CCS(=O)(=O)CCCN1CCC(C)C(Cl)C1. The lowest BCUT2D eigenvalue weighted by molar-refractivity contribution is 0.197. The van der Waals surface area contributed by atoms with Gasteiger partial charge in [0.05, 0.1) is 5.75 Å². The molecule has 1 aliphatic heterocycles. The first-order valence-electron chi connectivity index (χ1n) is 6.01. The highest BCUT2D eigenvalue weighted by Gasteiger charge is 2.24. The third-order valence-corrected chi connectivity index (χ3v) is 5.68. The Morgan fingerprint density at radius 2 is 2.12 bits per heavy atom. The molecule has 1 aliphatic rings. The fraction of sp³-hybridized carbons (Fsp3) is 1.00. The van der Waals surface area contributed by atoms with Gasteiger partial charge in [0.2, 0.25) is 0 Å². The van der Waals surface area contributed by atoms with Crippen molar-refractivity contribution < 1.29 is 8.42 Å². The van der Waals surface area contributed by atoms with Crippen LogP contribution in [0.25, 0.3) is 0 Å². The zero-order chi connectivity index (χ0) is 12.2. The minimum atomic E-state index is -2.80. The predicted molar refractivity (Wildman–Crippen MR) is 68.8 cm³/mol. The Morgan fingerprint density at radius 1 is 1.44 bits per heavy atom. The van der Waals surface area contributed by atoms with Crippen LogP contribution in [-0.2, 0) is 9.84 Å². The van der Waals surface area contributed by atoms with Gasteiger partial charge in [-0.25, -0.2) is 8.42 Å². The van der Waals surface area contributed by atoms with E-state index in [0.29, 0.717) is 11.7 Å². The van der Waals surface area contributed by atoms with Crippen LogP contribution < -0.4 is 0 Å². The van der Waals surface area contributed by atoms with E-state index in [1.165, 1.54) is 0 Å². The lowest BCUT2D eigenvalue weighted by atomic mass is 9.98. The molecule has 96 valence electrons. The van der Waals surface area contributed by atoms with Crippen LogP contribution in [0, 0.1) is 5.92 Å². The quantitative estimate of drug-likeness (QED) is 0.713. The summed E-state index contributed by atoms with van der Waals surface area (Å²) in [6.45, 7) is 6.68. The Labute approximate surface area is 104 Å². The number of piperidine rings is 1. The van der Waals surface area contributed by atoms with E-state index in [0.717, 1.165) is 32.5 Å². The highest BCUT2D eigenvalue weighted by Crippen LogP contribution is 2.21. The van der Waals surface area contributed by atoms with Crippen molar-refractivity contribution >= 4 is 21.4 Å². The molecule has 0 aromatic rings. The van der Waals surface area contributed by atoms with Crippen molar-refractivity contribution in [3.05, 3.63) is 0 Å². The normalized spacial score (nSPS) is 28.2. The molecule has 0 amide bonds. The number of nitrogens with zero attached hydrogens (tertiary/aromatic N) is 1. The Hall–Kier alpha value is 0.200. The molecule has 1 saturated heterocycles. The second-order valence-corrected chi connectivity index (χ2v) is 7.71. The number of rotatable bonds is 5. The van der Waals surface area contributed by atoms with Crippen molar-refractivity contribution in [3.8, 4) is 0 Å². The second kappa shape index (κ2) is 6.22. The minimum absolute atomic E-state index is 0.219. The molecule has 0 aromatic heterocycles. The molecule has 1 fully saturated rings. The highest BCUT2D eigenvalue weighted by atomic mass is 35.5. The Kier molecular flexibility index (Phi) is 5.54. The summed E-state index contributed by atoms with van der Waals surface area (Å²) in [6, 6.07) is 0. The maximum absolute atomic E-state index is 11.3. The number of alkyl halides is 1. The smallest absolute Gasteiger partial charge is 0.150 e. The van der Waals surface area contributed by atoms with E-state index < -0.39 is 9.84 Å². The van der Waals surface area contributed by atoms with Gasteiger partial charge in [0.1, 0.15) is 9.84 Å². The van der Waals surface area contributed by atoms with Gasteiger partial charge in [-0.2, -0.15) is 0 Å². The van der Waals surface area contributed by atoms with Gasteiger partial charge in [0.15, 0.2) is 0 Å². The van der Waals surface area contributed by atoms with Crippen LogP contribution in [0.15, 0.2) is 0 Å². The van der Waals surface area contributed by atoms with Crippen molar-refractivity contribution in [1.29, 1.82) is 0 Å². The molecule has 0 spiro atoms. The van der Waals surface area contributed by atoms with E-state index >= 15 is 0 Å². The molecule has 5 heteroatoms. The van der Waals surface area contributed by atoms with Crippen LogP contribution >= 0.6 is 11.6 Å². The van der Waals surface area contributed by atoms with Crippen LogP contribution in [0.1, 0.15) is 26.7 Å². The molecule has 0 radical (unpaired) electrons. The lowest BCUT2D eigenvalue weighted by Gasteiger charge is -2.33. The third kappa shape index (κ3) is 4.60. The van der Waals surface area contributed by atoms with Gasteiger partial charge >= 0.3 is 0 Å². The van der Waals surface area contributed by atoms with E-state index in [1.54, 1.807) is 6.92 Å². The summed E-state index contributed by atoms with van der Waals surface area (Å²) in [5.74, 6) is 1.14. The average Bonchev–Trinajstić information content (AvgIpc) is 2.23. The van der Waals surface area contributed by atoms with Crippen molar-refractivity contribution in [2.75, 3.05) is 31.1 Å². The molecule has 0 aliphatic carbocycles. The number of halogens is 1. The van der Waals surface area contributed by atoms with E-state index in [-0.39, 0.29) is 11.1 Å². The van der Waals surface area contributed by atoms with Crippen molar-refractivity contribution in [3.63, 3.8) is 0 Å². The standard InChI is InChI=1S/C11H22ClNO2S/c1-3-16(14,15)8-4-6-13-7-5-10(2)11(12)9-13/h10-11H,3-9H2,1-2H3.